The Labute approximate surface area is 125 Å². The van der Waals surface area contributed by atoms with Crippen molar-refractivity contribution in [1.82, 2.24) is 15.3 Å². The Hall–Kier alpha value is -2.10. The summed E-state index contributed by atoms with van der Waals surface area (Å²) in [6.45, 7) is 2.04. The molecular weight excluding hydrogens is 262 g/mol. The van der Waals surface area contributed by atoms with Gasteiger partial charge in [0.2, 0.25) is 5.91 Å². The SMILES string of the molecule is CCC(NC(=O)Cc1ccc2c(c1)CCC2)c1ncc[nH]1. The van der Waals surface area contributed by atoms with Gasteiger partial charge in [0.1, 0.15) is 5.82 Å². The first-order chi connectivity index (χ1) is 10.3. The lowest BCUT2D eigenvalue weighted by molar-refractivity contribution is -0.121. The first kappa shape index (κ1) is 13.9. The number of benzene rings is 1. The number of amides is 1. The van der Waals surface area contributed by atoms with E-state index in [2.05, 4.69) is 33.5 Å². The smallest absolute Gasteiger partial charge is 0.225 e. The molecule has 1 aliphatic carbocycles. The number of carbonyl (C=O) groups is 1. The first-order valence-electron chi connectivity index (χ1n) is 7.65. The second-order valence-corrected chi connectivity index (χ2v) is 5.64. The highest BCUT2D eigenvalue weighted by Gasteiger charge is 2.16. The number of hydrogen-bond donors (Lipinski definition) is 2. The van der Waals surface area contributed by atoms with Crippen LogP contribution in [-0.4, -0.2) is 15.9 Å². The quantitative estimate of drug-likeness (QED) is 0.886. The molecule has 0 bridgehead atoms. The summed E-state index contributed by atoms with van der Waals surface area (Å²) in [7, 11) is 0. The van der Waals surface area contributed by atoms with Crippen LogP contribution < -0.4 is 5.32 Å². The van der Waals surface area contributed by atoms with Crippen LogP contribution in [-0.2, 0) is 24.1 Å². The number of aromatic amines is 1. The molecule has 1 aliphatic rings. The van der Waals surface area contributed by atoms with Gasteiger partial charge in [-0.3, -0.25) is 4.79 Å². The van der Waals surface area contributed by atoms with Gasteiger partial charge in [-0.25, -0.2) is 4.98 Å². The maximum absolute atomic E-state index is 12.2. The van der Waals surface area contributed by atoms with Crippen LogP contribution in [0.1, 0.15) is 48.3 Å². The third-order valence-electron chi connectivity index (χ3n) is 4.12. The Bertz CT molecular complexity index is 619. The minimum absolute atomic E-state index is 0.0399. The molecule has 2 aromatic rings. The fourth-order valence-corrected chi connectivity index (χ4v) is 3.00. The summed E-state index contributed by atoms with van der Waals surface area (Å²) in [6, 6.07) is 6.41. The molecule has 0 spiro atoms. The molecule has 0 radical (unpaired) electrons. The summed E-state index contributed by atoms with van der Waals surface area (Å²) in [5.41, 5.74) is 3.96. The Morgan fingerprint density at radius 1 is 1.38 bits per heavy atom. The minimum atomic E-state index is -0.0399. The maximum Gasteiger partial charge on any atom is 0.225 e. The van der Waals surface area contributed by atoms with Gasteiger partial charge in [0.15, 0.2) is 0 Å². The molecule has 1 heterocycles. The van der Waals surface area contributed by atoms with Crippen molar-refractivity contribution in [2.75, 3.05) is 0 Å². The number of aromatic nitrogens is 2. The Kier molecular flexibility index (Phi) is 4.04. The van der Waals surface area contributed by atoms with Gasteiger partial charge in [-0.05, 0) is 42.4 Å². The summed E-state index contributed by atoms with van der Waals surface area (Å²) >= 11 is 0. The van der Waals surface area contributed by atoms with Crippen molar-refractivity contribution in [2.24, 2.45) is 0 Å². The highest BCUT2D eigenvalue weighted by atomic mass is 16.1. The monoisotopic (exact) mass is 283 g/mol. The van der Waals surface area contributed by atoms with Crippen molar-refractivity contribution >= 4 is 5.91 Å². The molecule has 110 valence electrons. The number of aryl methyl sites for hydroxylation is 2. The van der Waals surface area contributed by atoms with Crippen molar-refractivity contribution in [2.45, 2.75) is 45.1 Å². The highest BCUT2D eigenvalue weighted by molar-refractivity contribution is 5.79. The zero-order chi connectivity index (χ0) is 14.7. The molecule has 0 fully saturated rings. The van der Waals surface area contributed by atoms with Gasteiger partial charge in [-0.15, -0.1) is 0 Å². The van der Waals surface area contributed by atoms with Gasteiger partial charge in [-0.1, -0.05) is 25.1 Å². The number of carbonyl (C=O) groups excluding carboxylic acids is 1. The fourth-order valence-electron chi connectivity index (χ4n) is 3.00. The molecule has 4 heteroatoms. The average molecular weight is 283 g/mol. The Balaban J connectivity index is 1.63. The summed E-state index contributed by atoms with van der Waals surface area (Å²) in [6.07, 6.45) is 8.32. The Morgan fingerprint density at radius 3 is 3.00 bits per heavy atom. The summed E-state index contributed by atoms with van der Waals surface area (Å²) in [5.74, 6) is 0.871. The van der Waals surface area contributed by atoms with E-state index < -0.39 is 0 Å². The Morgan fingerprint density at radius 2 is 2.24 bits per heavy atom. The van der Waals surface area contributed by atoms with Crippen LogP contribution in [0.3, 0.4) is 0 Å². The van der Waals surface area contributed by atoms with E-state index in [1.54, 1.807) is 12.4 Å². The minimum Gasteiger partial charge on any atom is -0.347 e. The molecule has 4 nitrogen and oxygen atoms in total. The van der Waals surface area contributed by atoms with Crippen molar-refractivity contribution in [3.8, 4) is 0 Å². The van der Waals surface area contributed by atoms with E-state index in [4.69, 9.17) is 0 Å². The fraction of sp³-hybridized carbons (Fsp3) is 0.412. The third-order valence-corrected chi connectivity index (χ3v) is 4.12. The van der Waals surface area contributed by atoms with E-state index in [1.807, 2.05) is 6.92 Å². The van der Waals surface area contributed by atoms with Crippen LogP contribution in [0.2, 0.25) is 0 Å². The van der Waals surface area contributed by atoms with Gasteiger partial charge in [-0.2, -0.15) is 0 Å². The van der Waals surface area contributed by atoms with Gasteiger partial charge in [0, 0.05) is 12.4 Å². The number of nitrogens with zero attached hydrogens (tertiary/aromatic N) is 1. The van der Waals surface area contributed by atoms with E-state index in [0.29, 0.717) is 6.42 Å². The molecule has 1 unspecified atom stereocenters. The van der Waals surface area contributed by atoms with Crippen LogP contribution in [0.25, 0.3) is 0 Å². The van der Waals surface area contributed by atoms with E-state index in [9.17, 15) is 4.79 Å². The predicted molar refractivity (Wildman–Crippen MR) is 81.9 cm³/mol. The zero-order valence-electron chi connectivity index (χ0n) is 12.4. The van der Waals surface area contributed by atoms with E-state index in [0.717, 1.165) is 24.2 Å². The number of hydrogen-bond acceptors (Lipinski definition) is 2. The van der Waals surface area contributed by atoms with Crippen LogP contribution >= 0.6 is 0 Å². The largest absolute Gasteiger partial charge is 0.347 e. The molecular formula is C17H21N3O. The normalized spacial score (nSPS) is 14.7. The number of rotatable bonds is 5. The van der Waals surface area contributed by atoms with Crippen LogP contribution in [0.4, 0.5) is 0 Å². The molecule has 1 aromatic carbocycles. The van der Waals surface area contributed by atoms with E-state index >= 15 is 0 Å². The second-order valence-electron chi connectivity index (χ2n) is 5.64. The zero-order valence-corrected chi connectivity index (χ0v) is 12.4. The number of nitrogens with one attached hydrogen (secondary N) is 2. The van der Waals surface area contributed by atoms with Gasteiger partial charge >= 0.3 is 0 Å². The topological polar surface area (TPSA) is 57.8 Å². The molecule has 1 aromatic heterocycles. The van der Waals surface area contributed by atoms with Gasteiger partial charge in [0.05, 0.1) is 12.5 Å². The maximum atomic E-state index is 12.2. The molecule has 1 amide bonds. The van der Waals surface area contributed by atoms with Crippen molar-refractivity contribution in [1.29, 1.82) is 0 Å². The molecule has 21 heavy (non-hydrogen) atoms. The number of imidazole rings is 1. The summed E-state index contributed by atoms with van der Waals surface area (Å²) < 4.78 is 0. The molecule has 0 saturated carbocycles. The summed E-state index contributed by atoms with van der Waals surface area (Å²) in [4.78, 5) is 19.5. The first-order valence-corrected chi connectivity index (χ1v) is 7.65. The lowest BCUT2D eigenvalue weighted by atomic mass is 10.0. The lowest BCUT2D eigenvalue weighted by Crippen LogP contribution is -2.30. The van der Waals surface area contributed by atoms with Crippen LogP contribution in [0.5, 0.6) is 0 Å². The van der Waals surface area contributed by atoms with Crippen molar-refractivity contribution in [3.05, 3.63) is 53.1 Å². The predicted octanol–water partition coefficient (Wildman–Crippen LogP) is 2.71. The van der Waals surface area contributed by atoms with Crippen molar-refractivity contribution in [3.63, 3.8) is 0 Å². The van der Waals surface area contributed by atoms with Crippen LogP contribution in [0.15, 0.2) is 30.6 Å². The van der Waals surface area contributed by atoms with Gasteiger partial charge < -0.3 is 10.3 Å². The molecule has 3 rings (SSSR count). The lowest BCUT2D eigenvalue weighted by Gasteiger charge is -2.15. The van der Waals surface area contributed by atoms with Gasteiger partial charge in [0.25, 0.3) is 0 Å². The van der Waals surface area contributed by atoms with Crippen LogP contribution in [0, 0.1) is 0 Å². The van der Waals surface area contributed by atoms with E-state index in [1.165, 1.54) is 24.0 Å². The third kappa shape index (κ3) is 3.15. The van der Waals surface area contributed by atoms with Crippen molar-refractivity contribution < 1.29 is 4.79 Å². The average Bonchev–Trinajstić information content (AvgIpc) is 3.15. The number of H-pyrrole nitrogens is 1. The highest BCUT2D eigenvalue weighted by Crippen LogP contribution is 2.23. The second kappa shape index (κ2) is 6.12. The molecule has 2 N–H and O–H groups in total. The molecule has 0 aliphatic heterocycles. The molecule has 0 saturated heterocycles. The standard InChI is InChI=1S/C17H21N3O/c1-2-15(17-18-8-9-19-17)20-16(21)11-12-6-7-13-4-3-5-14(13)10-12/h6-10,15H,2-5,11H2,1H3,(H,18,19)(H,20,21). The molecule has 1 atom stereocenters. The number of fused-ring (bicyclic) bond motifs is 1. The van der Waals surface area contributed by atoms with E-state index in [-0.39, 0.29) is 11.9 Å². The summed E-state index contributed by atoms with van der Waals surface area (Å²) in [5, 5.41) is 3.05.